The molecular formula is C30H44N8O2. The molecule has 0 aliphatic carbocycles. The third kappa shape index (κ3) is 6.98. The van der Waals surface area contributed by atoms with E-state index in [1.54, 1.807) is 13.1 Å². The van der Waals surface area contributed by atoms with Crippen LogP contribution in [0.25, 0.3) is 17.0 Å². The normalized spacial score (nSPS) is 19.8. The molecule has 10 heteroatoms. The summed E-state index contributed by atoms with van der Waals surface area (Å²) in [5.74, 6) is 2.73. The van der Waals surface area contributed by atoms with Gasteiger partial charge in [-0.15, -0.1) is 0 Å². The summed E-state index contributed by atoms with van der Waals surface area (Å²) in [6.45, 7) is 13.0. The molecule has 5 N–H and O–H groups in total. The minimum absolute atomic E-state index is 0.0556. The van der Waals surface area contributed by atoms with Crippen LogP contribution in [0.1, 0.15) is 58.7 Å². The maximum Gasteiger partial charge on any atom is 0.177 e. The SMILES string of the molecule is CN=C(C(=CN)c1ccc2c(c1)OCCn1cc(C(N=C(C)N)=NC(C)C)nc1-2)C1CCCN(CC(C)(C)O)C1. The molecule has 0 saturated carbocycles. The number of piperidine rings is 1. The number of aliphatic imine (C=N–C) groups is 3. The topological polar surface area (TPSA) is 140 Å². The fourth-order valence-corrected chi connectivity index (χ4v) is 5.54. The predicted molar refractivity (Wildman–Crippen MR) is 163 cm³/mol. The lowest BCUT2D eigenvalue weighted by Gasteiger charge is -2.36. The van der Waals surface area contributed by atoms with E-state index in [1.807, 2.05) is 53.1 Å². The molecule has 216 valence electrons. The molecule has 1 atom stereocenters. The van der Waals surface area contributed by atoms with Crippen LogP contribution in [-0.4, -0.2) is 81.9 Å². The Bertz CT molecular complexity index is 1330. The van der Waals surface area contributed by atoms with Gasteiger partial charge in [0.15, 0.2) is 5.84 Å². The van der Waals surface area contributed by atoms with Crippen LogP contribution in [-0.2, 0) is 6.54 Å². The number of hydrogen-bond donors (Lipinski definition) is 3. The van der Waals surface area contributed by atoms with Gasteiger partial charge in [-0.1, -0.05) is 6.07 Å². The van der Waals surface area contributed by atoms with Crippen LogP contribution in [0.2, 0.25) is 0 Å². The van der Waals surface area contributed by atoms with Crippen molar-refractivity contribution in [3.05, 3.63) is 41.9 Å². The highest BCUT2D eigenvalue weighted by Gasteiger charge is 2.30. The van der Waals surface area contributed by atoms with Gasteiger partial charge in [-0.2, -0.15) is 0 Å². The van der Waals surface area contributed by atoms with Crippen molar-refractivity contribution in [3.63, 3.8) is 0 Å². The summed E-state index contributed by atoms with van der Waals surface area (Å²) in [6.07, 6.45) is 5.69. The number of allylic oxidation sites excluding steroid dienone is 1. The molecule has 0 amide bonds. The summed E-state index contributed by atoms with van der Waals surface area (Å²) in [4.78, 5) is 21.0. The molecule has 0 radical (unpaired) electrons. The summed E-state index contributed by atoms with van der Waals surface area (Å²) in [5.41, 5.74) is 15.8. The Morgan fingerprint density at radius 1 is 1.30 bits per heavy atom. The number of hydrogen-bond acceptors (Lipinski definition) is 7. The van der Waals surface area contributed by atoms with Crippen molar-refractivity contribution in [2.24, 2.45) is 32.4 Å². The third-order valence-electron chi connectivity index (χ3n) is 6.98. The van der Waals surface area contributed by atoms with Crippen LogP contribution < -0.4 is 16.2 Å². The minimum atomic E-state index is -0.741. The van der Waals surface area contributed by atoms with Gasteiger partial charge in [0.05, 0.1) is 23.5 Å². The Kier molecular flexibility index (Phi) is 9.10. The van der Waals surface area contributed by atoms with Crippen molar-refractivity contribution in [1.82, 2.24) is 14.5 Å². The first-order valence-electron chi connectivity index (χ1n) is 14.1. The number of aromatic nitrogens is 2. The Labute approximate surface area is 237 Å². The van der Waals surface area contributed by atoms with E-state index in [2.05, 4.69) is 25.5 Å². The molecule has 1 aromatic heterocycles. The van der Waals surface area contributed by atoms with E-state index in [-0.39, 0.29) is 12.0 Å². The van der Waals surface area contributed by atoms with E-state index >= 15 is 0 Å². The van der Waals surface area contributed by atoms with Crippen molar-refractivity contribution in [1.29, 1.82) is 0 Å². The van der Waals surface area contributed by atoms with Gasteiger partial charge in [-0.25, -0.2) is 9.98 Å². The second kappa shape index (κ2) is 12.3. The molecule has 0 bridgehead atoms. The van der Waals surface area contributed by atoms with Gasteiger partial charge in [-0.3, -0.25) is 14.9 Å². The quantitative estimate of drug-likeness (QED) is 0.358. The minimum Gasteiger partial charge on any atom is -0.491 e. The molecule has 1 fully saturated rings. The fraction of sp³-hybridized carbons (Fsp3) is 0.533. The first-order valence-corrected chi connectivity index (χ1v) is 14.1. The summed E-state index contributed by atoms with van der Waals surface area (Å²) >= 11 is 0. The number of benzene rings is 1. The van der Waals surface area contributed by atoms with E-state index in [0.29, 0.717) is 37.1 Å². The van der Waals surface area contributed by atoms with Gasteiger partial charge in [-0.05, 0) is 71.7 Å². The highest BCUT2D eigenvalue weighted by molar-refractivity contribution is 6.25. The average molecular weight is 549 g/mol. The van der Waals surface area contributed by atoms with Gasteiger partial charge >= 0.3 is 0 Å². The number of aliphatic hydroxyl groups is 1. The number of fused-ring (bicyclic) bond motifs is 3. The number of amidine groups is 2. The number of rotatable bonds is 7. The average Bonchev–Trinajstić information content (AvgIpc) is 3.21. The molecule has 4 rings (SSSR count). The molecule has 2 aliphatic rings. The lowest BCUT2D eigenvalue weighted by molar-refractivity contribution is 0.0264. The smallest absolute Gasteiger partial charge is 0.177 e. The molecule has 40 heavy (non-hydrogen) atoms. The Morgan fingerprint density at radius 2 is 2.08 bits per heavy atom. The highest BCUT2D eigenvalue weighted by atomic mass is 16.5. The van der Waals surface area contributed by atoms with Crippen LogP contribution >= 0.6 is 0 Å². The van der Waals surface area contributed by atoms with Crippen LogP contribution in [0.5, 0.6) is 5.75 Å². The Balaban J connectivity index is 1.65. The van der Waals surface area contributed by atoms with Gasteiger partial charge in [0.2, 0.25) is 0 Å². The van der Waals surface area contributed by atoms with E-state index in [0.717, 1.165) is 59.9 Å². The number of imidazole rings is 1. The second-order valence-electron chi connectivity index (χ2n) is 11.6. The molecule has 2 aliphatic heterocycles. The van der Waals surface area contributed by atoms with E-state index in [9.17, 15) is 5.11 Å². The molecule has 1 saturated heterocycles. The van der Waals surface area contributed by atoms with E-state index in [1.165, 1.54) is 0 Å². The van der Waals surface area contributed by atoms with Crippen molar-refractivity contribution in [3.8, 4) is 17.1 Å². The summed E-state index contributed by atoms with van der Waals surface area (Å²) in [6, 6.07) is 6.18. The monoisotopic (exact) mass is 548 g/mol. The zero-order valence-corrected chi connectivity index (χ0v) is 24.7. The fourth-order valence-electron chi connectivity index (χ4n) is 5.54. The molecule has 3 heterocycles. The third-order valence-corrected chi connectivity index (χ3v) is 6.98. The van der Waals surface area contributed by atoms with Gasteiger partial charge in [0.1, 0.15) is 23.9 Å². The van der Waals surface area contributed by atoms with Gasteiger partial charge in [0, 0.05) is 55.8 Å². The van der Waals surface area contributed by atoms with Crippen LogP contribution in [0, 0.1) is 5.92 Å². The molecule has 0 spiro atoms. The van der Waals surface area contributed by atoms with Gasteiger partial charge < -0.3 is 25.9 Å². The Hall–Kier alpha value is -3.50. The lowest BCUT2D eigenvalue weighted by atomic mass is 9.86. The number of ether oxygens (including phenoxy) is 1. The second-order valence-corrected chi connectivity index (χ2v) is 11.6. The standard InChI is InChI=1S/C30H44N8O2/c1-19(2)34-28(35-20(3)32)25-17-38-12-13-40-26-14-21(9-10-23(26)29(38)36-25)24(15-31)27(33-6)22-8-7-11-37(16-22)18-30(4,5)39/h9-10,14-15,17,19,22,39H,7-8,11-13,16,18,31H2,1-6H3,(H2,32,34,35). The molecule has 2 aromatic rings. The van der Waals surface area contributed by atoms with E-state index in [4.69, 9.17) is 26.2 Å². The highest BCUT2D eigenvalue weighted by Crippen LogP contribution is 2.36. The van der Waals surface area contributed by atoms with Crippen LogP contribution in [0.15, 0.2) is 45.6 Å². The molecule has 1 aromatic carbocycles. The zero-order chi connectivity index (χ0) is 29.0. The van der Waals surface area contributed by atoms with Crippen molar-refractivity contribution in [2.75, 3.05) is 33.3 Å². The maximum absolute atomic E-state index is 10.4. The largest absolute Gasteiger partial charge is 0.491 e. The zero-order valence-electron chi connectivity index (χ0n) is 24.7. The Morgan fingerprint density at radius 3 is 2.73 bits per heavy atom. The number of nitrogens with two attached hydrogens (primary N) is 2. The van der Waals surface area contributed by atoms with E-state index < -0.39 is 5.60 Å². The first kappa shape index (κ1) is 29.5. The number of β-amino-alcohol motifs (C(OH)–C–C–N with tert-alkyl or cyclic N) is 1. The van der Waals surface area contributed by atoms with Crippen molar-refractivity contribution >= 4 is 23.0 Å². The summed E-state index contributed by atoms with van der Waals surface area (Å²) < 4.78 is 8.28. The number of likely N-dealkylation sites (tertiary alicyclic amines) is 1. The predicted octanol–water partition coefficient (Wildman–Crippen LogP) is 3.33. The molecular weight excluding hydrogens is 504 g/mol. The first-order chi connectivity index (χ1) is 19.0. The van der Waals surface area contributed by atoms with Gasteiger partial charge in [0.25, 0.3) is 0 Å². The molecule has 10 nitrogen and oxygen atoms in total. The molecule has 1 unspecified atom stereocenters. The lowest BCUT2D eigenvalue weighted by Crippen LogP contribution is -2.45. The van der Waals surface area contributed by atoms with Crippen LogP contribution in [0.4, 0.5) is 0 Å². The van der Waals surface area contributed by atoms with Crippen LogP contribution in [0.3, 0.4) is 0 Å². The maximum atomic E-state index is 10.4. The number of nitrogens with zero attached hydrogens (tertiary/aromatic N) is 6. The van der Waals surface area contributed by atoms with Crippen molar-refractivity contribution < 1.29 is 9.84 Å². The summed E-state index contributed by atoms with van der Waals surface area (Å²) in [7, 11) is 1.83. The summed E-state index contributed by atoms with van der Waals surface area (Å²) in [5, 5.41) is 10.4. The van der Waals surface area contributed by atoms with Crippen molar-refractivity contribution in [2.45, 2.75) is 65.6 Å².